The zero-order chi connectivity index (χ0) is 15.2. The maximum Gasteiger partial charge on any atom is 0.335 e. The van der Waals surface area contributed by atoms with Crippen LogP contribution >= 0.6 is 0 Å². The van der Waals surface area contributed by atoms with Gasteiger partial charge < -0.3 is 15.7 Å². The van der Waals surface area contributed by atoms with Crippen molar-refractivity contribution in [3.63, 3.8) is 0 Å². The van der Waals surface area contributed by atoms with Crippen molar-refractivity contribution in [3.05, 3.63) is 60.2 Å². The monoisotopic (exact) mass is 288 g/mol. The second-order valence-corrected chi connectivity index (χ2v) is 4.25. The molecular formula is C15H13FN2O3. The molecule has 6 heteroatoms. The van der Waals surface area contributed by atoms with Crippen LogP contribution in [0, 0.1) is 0 Å². The van der Waals surface area contributed by atoms with E-state index >= 15 is 0 Å². The number of alkyl halides is 1. The molecule has 0 aliphatic rings. The first kappa shape index (κ1) is 14.5. The lowest BCUT2D eigenvalue weighted by molar-refractivity contribution is -0.119. The van der Waals surface area contributed by atoms with Crippen molar-refractivity contribution in [1.29, 1.82) is 0 Å². The Morgan fingerprint density at radius 1 is 1.00 bits per heavy atom. The second kappa shape index (κ2) is 6.51. The molecule has 0 aliphatic carbocycles. The van der Waals surface area contributed by atoms with E-state index in [4.69, 9.17) is 5.11 Å². The number of nitrogens with one attached hydrogen (secondary N) is 2. The van der Waals surface area contributed by atoms with Crippen LogP contribution in [0.15, 0.2) is 54.6 Å². The molecule has 21 heavy (non-hydrogen) atoms. The van der Waals surface area contributed by atoms with Gasteiger partial charge in [0.05, 0.1) is 5.56 Å². The molecule has 2 aromatic carbocycles. The fourth-order valence-corrected chi connectivity index (χ4v) is 1.68. The van der Waals surface area contributed by atoms with Crippen molar-refractivity contribution in [3.8, 4) is 0 Å². The lowest BCUT2D eigenvalue weighted by atomic mass is 10.2. The Morgan fingerprint density at radius 3 is 2.33 bits per heavy atom. The molecule has 0 aliphatic heterocycles. The summed E-state index contributed by atoms with van der Waals surface area (Å²) < 4.78 is 13.8. The molecule has 0 heterocycles. The number of carboxylic acids is 1. The summed E-state index contributed by atoms with van der Waals surface area (Å²) in [5.41, 5.74) is 0.705. The van der Waals surface area contributed by atoms with Gasteiger partial charge in [-0.05, 0) is 30.3 Å². The summed E-state index contributed by atoms with van der Waals surface area (Å²) in [6, 6.07) is 14.1. The van der Waals surface area contributed by atoms with Crippen LogP contribution in [0.4, 0.5) is 15.8 Å². The van der Waals surface area contributed by atoms with E-state index in [1.165, 1.54) is 24.3 Å². The van der Waals surface area contributed by atoms with E-state index in [9.17, 15) is 14.0 Å². The molecule has 1 amide bonds. The Morgan fingerprint density at radius 2 is 1.67 bits per heavy atom. The number of aromatic carboxylic acids is 1. The first-order valence-corrected chi connectivity index (χ1v) is 6.16. The van der Waals surface area contributed by atoms with E-state index in [2.05, 4.69) is 10.6 Å². The smallest absolute Gasteiger partial charge is 0.335 e. The standard InChI is InChI=1S/C15H13FN2O3/c16-13(17-11-6-2-1-3-7-11)14(19)18-12-8-4-5-10(9-12)15(20)21/h1-9,13,17H,(H,18,19)(H,20,21). The van der Waals surface area contributed by atoms with Gasteiger partial charge >= 0.3 is 5.97 Å². The molecule has 0 bridgehead atoms. The molecule has 0 saturated heterocycles. The van der Waals surface area contributed by atoms with Crippen LogP contribution in [0.2, 0.25) is 0 Å². The molecular weight excluding hydrogens is 275 g/mol. The normalized spacial score (nSPS) is 11.5. The van der Waals surface area contributed by atoms with Crippen molar-refractivity contribution >= 4 is 23.3 Å². The van der Waals surface area contributed by atoms with E-state index in [0.29, 0.717) is 5.69 Å². The Hall–Kier alpha value is -2.89. The van der Waals surface area contributed by atoms with Crippen LogP contribution in [0.1, 0.15) is 10.4 Å². The molecule has 2 aromatic rings. The first-order chi connectivity index (χ1) is 10.1. The van der Waals surface area contributed by atoms with Crippen LogP contribution in [-0.2, 0) is 4.79 Å². The van der Waals surface area contributed by atoms with Gasteiger partial charge in [-0.1, -0.05) is 24.3 Å². The van der Waals surface area contributed by atoms with Crippen molar-refractivity contribution in [1.82, 2.24) is 0 Å². The second-order valence-electron chi connectivity index (χ2n) is 4.25. The van der Waals surface area contributed by atoms with Gasteiger partial charge in [-0.25, -0.2) is 9.18 Å². The SMILES string of the molecule is O=C(O)c1cccc(NC(=O)C(F)Nc2ccccc2)c1. The highest BCUT2D eigenvalue weighted by Crippen LogP contribution is 2.13. The summed E-state index contributed by atoms with van der Waals surface area (Å²) in [5.74, 6) is -2.02. The summed E-state index contributed by atoms with van der Waals surface area (Å²) in [6.45, 7) is 0. The number of amides is 1. The fourth-order valence-electron chi connectivity index (χ4n) is 1.68. The number of carbonyl (C=O) groups excluding carboxylic acids is 1. The summed E-state index contributed by atoms with van der Waals surface area (Å²) in [6.07, 6.45) is -1.94. The number of carboxylic acid groups (broad SMARTS) is 1. The summed E-state index contributed by atoms with van der Waals surface area (Å²) in [5, 5.41) is 13.6. The van der Waals surface area contributed by atoms with Crippen LogP contribution in [0.25, 0.3) is 0 Å². The molecule has 0 spiro atoms. The molecule has 1 unspecified atom stereocenters. The highest BCUT2D eigenvalue weighted by Gasteiger charge is 2.17. The third-order valence-electron chi connectivity index (χ3n) is 2.67. The molecule has 0 saturated carbocycles. The minimum atomic E-state index is -1.94. The van der Waals surface area contributed by atoms with Gasteiger partial charge in [-0.3, -0.25) is 4.79 Å². The molecule has 1 atom stereocenters. The van der Waals surface area contributed by atoms with E-state index in [0.717, 1.165) is 0 Å². The molecule has 0 aromatic heterocycles. The molecule has 2 rings (SSSR count). The minimum absolute atomic E-state index is 0.0132. The topological polar surface area (TPSA) is 78.4 Å². The summed E-state index contributed by atoms with van der Waals surface area (Å²) >= 11 is 0. The quantitative estimate of drug-likeness (QED) is 0.739. The average Bonchev–Trinajstić information content (AvgIpc) is 2.48. The number of carbonyl (C=O) groups is 2. The number of hydrogen-bond donors (Lipinski definition) is 3. The number of anilines is 2. The maximum atomic E-state index is 13.8. The first-order valence-electron chi connectivity index (χ1n) is 6.16. The predicted octanol–water partition coefficient (Wildman–Crippen LogP) is 2.73. The number of rotatable bonds is 5. The zero-order valence-electron chi connectivity index (χ0n) is 10.9. The van der Waals surface area contributed by atoms with Gasteiger partial charge in [-0.2, -0.15) is 0 Å². The Balaban J connectivity index is 2.00. The van der Waals surface area contributed by atoms with Crippen LogP contribution in [0.5, 0.6) is 0 Å². The maximum absolute atomic E-state index is 13.8. The summed E-state index contributed by atoms with van der Waals surface area (Å²) in [4.78, 5) is 22.5. The van der Waals surface area contributed by atoms with Crippen molar-refractivity contribution < 1.29 is 19.1 Å². The van der Waals surface area contributed by atoms with E-state index in [1.807, 2.05) is 0 Å². The number of hydrogen-bond acceptors (Lipinski definition) is 3. The average molecular weight is 288 g/mol. The van der Waals surface area contributed by atoms with Crippen molar-refractivity contribution in [2.45, 2.75) is 6.30 Å². The highest BCUT2D eigenvalue weighted by molar-refractivity contribution is 5.97. The van der Waals surface area contributed by atoms with Crippen LogP contribution < -0.4 is 10.6 Å². The molecule has 5 nitrogen and oxygen atoms in total. The fraction of sp³-hybridized carbons (Fsp3) is 0.0667. The van der Waals surface area contributed by atoms with Crippen LogP contribution in [-0.4, -0.2) is 23.3 Å². The lowest BCUT2D eigenvalue weighted by Gasteiger charge is -2.12. The van der Waals surface area contributed by atoms with E-state index in [1.54, 1.807) is 30.3 Å². The van der Waals surface area contributed by atoms with Gasteiger partial charge in [0.15, 0.2) is 0 Å². The Labute approximate surface area is 120 Å². The third-order valence-corrected chi connectivity index (χ3v) is 2.67. The number of benzene rings is 2. The predicted molar refractivity (Wildman–Crippen MR) is 77.0 cm³/mol. The van der Waals surface area contributed by atoms with Crippen molar-refractivity contribution in [2.75, 3.05) is 10.6 Å². The van der Waals surface area contributed by atoms with Gasteiger partial charge in [-0.15, -0.1) is 0 Å². The third kappa shape index (κ3) is 4.04. The minimum Gasteiger partial charge on any atom is -0.478 e. The van der Waals surface area contributed by atoms with Crippen molar-refractivity contribution in [2.24, 2.45) is 0 Å². The highest BCUT2D eigenvalue weighted by atomic mass is 19.1. The van der Waals surface area contributed by atoms with E-state index in [-0.39, 0.29) is 11.3 Å². The Kier molecular flexibility index (Phi) is 4.50. The molecule has 108 valence electrons. The largest absolute Gasteiger partial charge is 0.478 e. The summed E-state index contributed by atoms with van der Waals surface area (Å²) in [7, 11) is 0. The number of para-hydroxylation sites is 1. The molecule has 0 fully saturated rings. The Bertz CT molecular complexity index is 646. The zero-order valence-corrected chi connectivity index (χ0v) is 10.9. The van der Waals surface area contributed by atoms with Gasteiger partial charge in [0.25, 0.3) is 5.91 Å². The number of halogens is 1. The lowest BCUT2D eigenvalue weighted by Crippen LogP contribution is -2.30. The van der Waals surface area contributed by atoms with Gasteiger partial charge in [0.2, 0.25) is 6.30 Å². The van der Waals surface area contributed by atoms with E-state index < -0.39 is 18.2 Å². The molecule has 3 N–H and O–H groups in total. The van der Waals surface area contributed by atoms with Gasteiger partial charge in [0.1, 0.15) is 0 Å². The van der Waals surface area contributed by atoms with Gasteiger partial charge in [0, 0.05) is 11.4 Å². The molecule has 0 radical (unpaired) electrons. The van der Waals surface area contributed by atoms with Crippen LogP contribution in [0.3, 0.4) is 0 Å².